The second-order valence-corrected chi connectivity index (χ2v) is 3.27. The molecule has 0 aliphatic heterocycles. The number of carbonyl (C=O) groups excluding carboxylic acids is 1. The van der Waals surface area contributed by atoms with Crippen molar-refractivity contribution in [1.29, 1.82) is 0 Å². The van der Waals surface area contributed by atoms with Crippen LogP contribution in [0.5, 0.6) is 0 Å². The molecule has 1 radical (unpaired) electrons. The van der Waals surface area contributed by atoms with E-state index in [1.807, 2.05) is 56.5 Å². The van der Waals surface area contributed by atoms with Crippen LogP contribution in [0.1, 0.15) is 19.4 Å². The van der Waals surface area contributed by atoms with E-state index in [4.69, 9.17) is 0 Å². The Labute approximate surface area is 79.1 Å². The van der Waals surface area contributed by atoms with E-state index in [2.05, 4.69) is 0 Å². The zero-order valence-corrected chi connectivity index (χ0v) is 7.95. The first-order valence-corrected chi connectivity index (χ1v) is 4.39. The van der Waals surface area contributed by atoms with Gasteiger partial charge in [-0.3, -0.25) is 4.79 Å². The molecule has 0 amide bonds. The molecule has 0 saturated heterocycles. The number of allylic oxidation sites excluding steroid dienone is 1. The van der Waals surface area contributed by atoms with Gasteiger partial charge >= 0.3 is 0 Å². The van der Waals surface area contributed by atoms with Crippen LogP contribution in [0, 0.1) is 5.92 Å². The topological polar surface area (TPSA) is 17.1 Å². The van der Waals surface area contributed by atoms with Gasteiger partial charge in [0.2, 0.25) is 6.29 Å². The van der Waals surface area contributed by atoms with E-state index in [9.17, 15) is 4.79 Å². The monoisotopic (exact) mass is 173 g/mol. The smallest absolute Gasteiger partial charge is 0.229 e. The van der Waals surface area contributed by atoms with Gasteiger partial charge in [0.1, 0.15) is 0 Å². The summed E-state index contributed by atoms with van der Waals surface area (Å²) in [6.45, 7) is 3.97. The van der Waals surface area contributed by atoms with Gasteiger partial charge in [-0.25, -0.2) is 0 Å². The fraction of sp³-hybridized carbons (Fsp3) is 0.250. The Kier molecular flexibility index (Phi) is 3.44. The van der Waals surface area contributed by atoms with Crippen LogP contribution in [0.2, 0.25) is 0 Å². The van der Waals surface area contributed by atoms with E-state index in [0.717, 1.165) is 5.56 Å². The lowest BCUT2D eigenvalue weighted by Crippen LogP contribution is -1.94. The lowest BCUT2D eigenvalue weighted by Gasteiger charge is -2.01. The van der Waals surface area contributed by atoms with Crippen LogP contribution in [-0.4, -0.2) is 6.29 Å². The van der Waals surface area contributed by atoms with Gasteiger partial charge in [-0.05, 0) is 17.6 Å². The number of rotatable bonds is 3. The summed E-state index contributed by atoms with van der Waals surface area (Å²) in [7, 11) is 0. The van der Waals surface area contributed by atoms with Gasteiger partial charge in [0.15, 0.2) is 0 Å². The highest BCUT2D eigenvalue weighted by Crippen LogP contribution is 2.11. The van der Waals surface area contributed by atoms with Crippen molar-refractivity contribution in [3.63, 3.8) is 0 Å². The van der Waals surface area contributed by atoms with Crippen molar-refractivity contribution in [2.75, 3.05) is 0 Å². The Balaban J connectivity index is 2.92. The molecule has 1 aromatic rings. The summed E-state index contributed by atoms with van der Waals surface area (Å²) in [5.74, 6) is 0.234. The standard InChI is InChI=1S/C12H13O/c1-10(2)12(9-13)8-11-6-4-3-5-7-11/h3-8,10H,1-2H3. The maximum atomic E-state index is 10.6. The minimum atomic E-state index is 0.234. The molecular formula is C12H13O. The lowest BCUT2D eigenvalue weighted by molar-refractivity contribution is 0.556. The number of benzene rings is 1. The van der Waals surface area contributed by atoms with Crippen molar-refractivity contribution in [2.24, 2.45) is 5.92 Å². The third kappa shape index (κ3) is 2.86. The zero-order valence-electron chi connectivity index (χ0n) is 7.95. The average molecular weight is 173 g/mol. The molecule has 0 unspecified atom stereocenters. The Morgan fingerprint density at radius 3 is 2.38 bits per heavy atom. The normalized spacial score (nSPS) is 11.8. The second-order valence-electron chi connectivity index (χ2n) is 3.27. The van der Waals surface area contributed by atoms with Gasteiger partial charge < -0.3 is 0 Å². The van der Waals surface area contributed by atoms with E-state index in [-0.39, 0.29) is 5.92 Å². The lowest BCUT2D eigenvalue weighted by atomic mass is 10.0. The average Bonchev–Trinajstić information content (AvgIpc) is 2.15. The third-order valence-electron chi connectivity index (χ3n) is 1.86. The molecular weight excluding hydrogens is 160 g/mol. The van der Waals surface area contributed by atoms with Crippen molar-refractivity contribution in [1.82, 2.24) is 0 Å². The minimum Gasteiger partial charge on any atom is -0.285 e. The summed E-state index contributed by atoms with van der Waals surface area (Å²) < 4.78 is 0. The van der Waals surface area contributed by atoms with Crippen LogP contribution in [0.25, 0.3) is 6.08 Å². The van der Waals surface area contributed by atoms with Crippen molar-refractivity contribution in [3.8, 4) is 0 Å². The molecule has 0 aromatic heterocycles. The van der Waals surface area contributed by atoms with Crippen molar-refractivity contribution in [3.05, 3.63) is 41.5 Å². The van der Waals surface area contributed by atoms with E-state index in [1.54, 1.807) is 0 Å². The summed E-state index contributed by atoms with van der Waals surface area (Å²) >= 11 is 0. The van der Waals surface area contributed by atoms with Crippen LogP contribution < -0.4 is 0 Å². The molecule has 1 heteroatoms. The fourth-order valence-corrected chi connectivity index (χ4v) is 1.04. The molecule has 0 heterocycles. The number of hydrogen-bond donors (Lipinski definition) is 0. The maximum Gasteiger partial charge on any atom is 0.229 e. The summed E-state index contributed by atoms with van der Waals surface area (Å²) in [6, 6.07) is 9.81. The Morgan fingerprint density at radius 2 is 1.92 bits per heavy atom. The highest BCUT2D eigenvalue weighted by Gasteiger charge is 2.01. The van der Waals surface area contributed by atoms with E-state index in [1.165, 1.54) is 0 Å². The first kappa shape index (κ1) is 9.72. The van der Waals surface area contributed by atoms with Crippen molar-refractivity contribution >= 4 is 12.4 Å². The Bertz CT molecular complexity index is 296. The Hall–Kier alpha value is -1.37. The summed E-state index contributed by atoms with van der Waals surface area (Å²) in [4.78, 5) is 10.6. The molecule has 0 aliphatic rings. The molecule has 67 valence electrons. The van der Waals surface area contributed by atoms with Crippen LogP contribution in [0.15, 0.2) is 35.9 Å². The molecule has 13 heavy (non-hydrogen) atoms. The molecule has 1 nitrogen and oxygen atoms in total. The molecule has 0 aliphatic carbocycles. The Morgan fingerprint density at radius 1 is 1.31 bits per heavy atom. The van der Waals surface area contributed by atoms with Crippen LogP contribution in [0.4, 0.5) is 0 Å². The first-order valence-electron chi connectivity index (χ1n) is 4.39. The molecule has 0 saturated carbocycles. The third-order valence-corrected chi connectivity index (χ3v) is 1.86. The zero-order chi connectivity index (χ0) is 9.68. The first-order chi connectivity index (χ1) is 6.24. The molecule has 1 aromatic carbocycles. The molecule has 0 spiro atoms. The van der Waals surface area contributed by atoms with Gasteiger partial charge in [-0.15, -0.1) is 0 Å². The van der Waals surface area contributed by atoms with Crippen molar-refractivity contribution in [2.45, 2.75) is 13.8 Å². The summed E-state index contributed by atoms with van der Waals surface area (Å²) in [5.41, 5.74) is 1.76. The molecule has 0 N–H and O–H groups in total. The predicted octanol–water partition coefficient (Wildman–Crippen LogP) is 2.84. The van der Waals surface area contributed by atoms with Gasteiger partial charge in [-0.1, -0.05) is 44.2 Å². The highest BCUT2D eigenvalue weighted by molar-refractivity contribution is 5.82. The minimum absolute atomic E-state index is 0.234. The van der Waals surface area contributed by atoms with Crippen LogP contribution in [-0.2, 0) is 4.79 Å². The van der Waals surface area contributed by atoms with Gasteiger partial charge in [0.05, 0.1) is 0 Å². The second kappa shape index (κ2) is 4.61. The van der Waals surface area contributed by atoms with Crippen LogP contribution >= 0.6 is 0 Å². The highest BCUT2D eigenvalue weighted by atomic mass is 16.1. The van der Waals surface area contributed by atoms with E-state index >= 15 is 0 Å². The fourth-order valence-electron chi connectivity index (χ4n) is 1.04. The summed E-state index contributed by atoms with van der Waals surface area (Å²) in [5, 5.41) is 0. The van der Waals surface area contributed by atoms with Gasteiger partial charge in [0.25, 0.3) is 0 Å². The maximum absolute atomic E-state index is 10.6. The van der Waals surface area contributed by atoms with Crippen molar-refractivity contribution < 1.29 is 4.79 Å². The molecule has 0 atom stereocenters. The van der Waals surface area contributed by atoms with Gasteiger partial charge in [-0.2, -0.15) is 0 Å². The predicted molar refractivity (Wildman–Crippen MR) is 55.0 cm³/mol. The SMILES string of the molecule is CC(C)C([C]=O)=Cc1ccccc1. The van der Waals surface area contributed by atoms with Gasteiger partial charge in [0, 0.05) is 5.57 Å². The quantitative estimate of drug-likeness (QED) is 0.642. The largest absolute Gasteiger partial charge is 0.285 e. The molecule has 0 fully saturated rings. The molecule has 0 bridgehead atoms. The molecule has 1 rings (SSSR count). The van der Waals surface area contributed by atoms with E-state index in [0.29, 0.717) is 5.57 Å². The summed E-state index contributed by atoms with van der Waals surface area (Å²) in [6.07, 6.45) is 3.83. The number of hydrogen-bond acceptors (Lipinski definition) is 1. The van der Waals surface area contributed by atoms with Crippen LogP contribution in [0.3, 0.4) is 0 Å². The van der Waals surface area contributed by atoms with E-state index < -0.39 is 0 Å².